The Morgan fingerprint density at radius 1 is 0.633 bits per heavy atom. The van der Waals surface area contributed by atoms with Gasteiger partial charge in [0.25, 0.3) is 0 Å². The van der Waals surface area contributed by atoms with E-state index in [-0.39, 0.29) is 42.7 Å². The Bertz CT molecular complexity index is 864. The number of carboxylic acid groups (broad SMARTS) is 1. The predicted molar refractivity (Wildman–Crippen MR) is 199 cm³/mol. The summed E-state index contributed by atoms with van der Waals surface area (Å²) in [5.74, 6) is -1.78. The summed E-state index contributed by atoms with van der Waals surface area (Å²) < 4.78 is 17.0. The van der Waals surface area contributed by atoms with Crippen LogP contribution in [0.15, 0.2) is 24.3 Å². The van der Waals surface area contributed by atoms with Crippen LogP contribution >= 0.6 is 0 Å². The third kappa shape index (κ3) is 31.5. The molecule has 49 heavy (non-hydrogen) atoms. The van der Waals surface area contributed by atoms with Gasteiger partial charge in [0, 0.05) is 19.3 Å². The highest BCUT2D eigenvalue weighted by Crippen LogP contribution is 2.15. The number of ether oxygens (including phenoxy) is 3. The molecule has 8 heteroatoms. The number of aliphatic carboxylic acids is 1. The number of carbonyl (C=O) groups excluding carboxylic acids is 3. The highest BCUT2D eigenvalue weighted by Gasteiger charge is 2.25. The average molecular weight is 694 g/mol. The lowest BCUT2D eigenvalue weighted by atomic mass is 10.0. The van der Waals surface area contributed by atoms with Gasteiger partial charge in [0.1, 0.15) is 12.6 Å². The summed E-state index contributed by atoms with van der Waals surface area (Å²) in [5.41, 5.74) is 0. The van der Waals surface area contributed by atoms with Crippen molar-refractivity contribution < 1.29 is 38.2 Å². The van der Waals surface area contributed by atoms with E-state index >= 15 is 0 Å². The largest absolute Gasteiger partial charge is 0.544 e. The van der Waals surface area contributed by atoms with Crippen molar-refractivity contribution in [3.63, 3.8) is 0 Å². The Morgan fingerprint density at radius 3 is 1.67 bits per heavy atom. The molecule has 2 unspecified atom stereocenters. The molecule has 0 aromatic heterocycles. The van der Waals surface area contributed by atoms with Crippen LogP contribution in [0, 0.1) is 0 Å². The van der Waals surface area contributed by atoms with Gasteiger partial charge in [-0.1, -0.05) is 134 Å². The summed E-state index contributed by atoms with van der Waals surface area (Å²) in [7, 11) is 5.39. The van der Waals surface area contributed by atoms with Gasteiger partial charge in [-0.15, -0.1) is 0 Å². The van der Waals surface area contributed by atoms with E-state index < -0.39 is 18.1 Å². The second-order valence-electron chi connectivity index (χ2n) is 14.5. The molecular formula is C41H75NO7. The van der Waals surface area contributed by atoms with E-state index in [4.69, 9.17) is 14.2 Å². The fourth-order valence-electron chi connectivity index (χ4n) is 5.75. The van der Waals surface area contributed by atoms with Crippen LogP contribution in [-0.2, 0) is 28.6 Å². The van der Waals surface area contributed by atoms with Crippen LogP contribution in [0.5, 0.6) is 0 Å². The Kier molecular flexibility index (Phi) is 31.5. The van der Waals surface area contributed by atoms with Crippen molar-refractivity contribution in [3.05, 3.63) is 24.3 Å². The molecule has 8 nitrogen and oxygen atoms in total. The summed E-state index contributed by atoms with van der Waals surface area (Å²) >= 11 is 0. The maximum atomic E-state index is 12.6. The lowest BCUT2D eigenvalue weighted by molar-refractivity contribution is -0.889. The number of carboxylic acids is 1. The SMILES string of the molecule is CC/C=C/C/C=C/CCCCC(=O)OCC(COCCC(C(=O)[O-])[N+](C)(C)C)OC(=O)CCCCCCCCCCCCCCCCCC. The minimum Gasteiger partial charge on any atom is -0.544 e. The molecule has 0 amide bonds. The third-order valence-corrected chi connectivity index (χ3v) is 8.85. The van der Waals surface area contributed by atoms with E-state index in [0.29, 0.717) is 12.8 Å². The predicted octanol–water partition coefficient (Wildman–Crippen LogP) is 8.80. The summed E-state index contributed by atoms with van der Waals surface area (Å²) in [4.78, 5) is 36.6. The molecule has 0 rings (SSSR count). The molecule has 0 heterocycles. The van der Waals surface area contributed by atoms with E-state index in [1.165, 1.54) is 83.5 Å². The van der Waals surface area contributed by atoms with Crippen LogP contribution in [0.25, 0.3) is 0 Å². The zero-order chi connectivity index (χ0) is 36.4. The van der Waals surface area contributed by atoms with Crippen LogP contribution in [0.1, 0.15) is 168 Å². The molecule has 2 atom stereocenters. The smallest absolute Gasteiger partial charge is 0.306 e. The first kappa shape index (κ1) is 46.8. The van der Waals surface area contributed by atoms with Crippen LogP contribution in [0.3, 0.4) is 0 Å². The second-order valence-corrected chi connectivity index (χ2v) is 14.5. The molecule has 0 aliphatic rings. The molecule has 0 saturated carbocycles. The summed E-state index contributed by atoms with van der Waals surface area (Å²) in [6.07, 6.45) is 33.6. The number of unbranched alkanes of at least 4 members (excludes halogenated alkanes) is 17. The standard InChI is InChI=1S/C41H75NO7/c1-6-8-10-12-14-16-17-18-19-20-21-22-24-26-28-30-32-40(44)49-37(35-47-34-33-38(41(45)46)42(3,4)5)36-48-39(43)31-29-27-25-23-15-13-11-9-7-2/h9,11,15,23,37-38H,6-8,10,12-14,16-22,24-36H2,1-5H3/b11-9+,23-15+. The number of carbonyl (C=O) groups is 3. The Hall–Kier alpha value is -2.19. The van der Waals surface area contributed by atoms with Crippen molar-refractivity contribution in [3.8, 4) is 0 Å². The van der Waals surface area contributed by atoms with Crippen LogP contribution in [-0.4, -0.2) is 75.5 Å². The summed E-state index contributed by atoms with van der Waals surface area (Å²) in [6.45, 7) is 4.50. The molecule has 0 fully saturated rings. The monoisotopic (exact) mass is 694 g/mol. The number of hydrogen-bond donors (Lipinski definition) is 0. The zero-order valence-electron chi connectivity index (χ0n) is 32.4. The number of likely N-dealkylation sites (N-methyl/N-ethyl adjacent to an activating group) is 1. The molecule has 0 spiro atoms. The van der Waals surface area contributed by atoms with Crippen LogP contribution in [0.2, 0.25) is 0 Å². The van der Waals surface area contributed by atoms with Gasteiger partial charge >= 0.3 is 11.9 Å². The molecule has 0 aromatic rings. The molecule has 0 bridgehead atoms. The fourth-order valence-corrected chi connectivity index (χ4v) is 5.75. The van der Waals surface area contributed by atoms with E-state index in [0.717, 1.165) is 51.4 Å². The zero-order valence-corrected chi connectivity index (χ0v) is 32.4. The summed E-state index contributed by atoms with van der Waals surface area (Å²) in [6, 6.07) is -0.726. The first-order valence-corrected chi connectivity index (χ1v) is 19.9. The topological polar surface area (TPSA) is 102 Å². The quantitative estimate of drug-likeness (QED) is 0.0283. The van der Waals surface area contributed by atoms with Gasteiger partial charge in [-0.25, -0.2) is 0 Å². The van der Waals surface area contributed by atoms with E-state index in [1.807, 2.05) is 0 Å². The lowest BCUT2D eigenvalue weighted by Crippen LogP contribution is -2.55. The van der Waals surface area contributed by atoms with Crippen LogP contribution in [0.4, 0.5) is 0 Å². The van der Waals surface area contributed by atoms with Gasteiger partial charge in [-0.2, -0.15) is 0 Å². The lowest BCUT2D eigenvalue weighted by Gasteiger charge is -2.34. The van der Waals surface area contributed by atoms with E-state index in [1.54, 1.807) is 21.1 Å². The van der Waals surface area contributed by atoms with Gasteiger partial charge in [0.05, 0.1) is 40.3 Å². The first-order chi connectivity index (χ1) is 23.6. The number of quaternary nitrogens is 1. The Morgan fingerprint density at radius 2 is 1.14 bits per heavy atom. The number of allylic oxidation sites excluding steroid dienone is 4. The molecule has 0 radical (unpaired) electrons. The highest BCUT2D eigenvalue weighted by atomic mass is 16.6. The summed E-state index contributed by atoms with van der Waals surface area (Å²) in [5, 5.41) is 11.6. The first-order valence-electron chi connectivity index (χ1n) is 19.9. The highest BCUT2D eigenvalue weighted by molar-refractivity contribution is 5.70. The molecular weight excluding hydrogens is 618 g/mol. The van der Waals surface area contributed by atoms with Gasteiger partial charge in [-0.05, 0) is 38.5 Å². The van der Waals surface area contributed by atoms with Gasteiger partial charge in [0.15, 0.2) is 6.10 Å². The van der Waals surface area contributed by atoms with Gasteiger partial charge in [-0.3, -0.25) is 9.59 Å². The number of rotatable bonds is 35. The van der Waals surface area contributed by atoms with Crippen LogP contribution < -0.4 is 5.11 Å². The number of esters is 2. The normalized spacial score (nSPS) is 13.2. The Labute approximate surface area is 301 Å². The molecule has 0 N–H and O–H groups in total. The number of hydrogen-bond acceptors (Lipinski definition) is 7. The molecule has 0 saturated heterocycles. The Balaban J connectivity index is 4.36. The van der Waals surface area contributed by atoms with Crippen molar-refractivity contribution in [1.82, 2.24) is 0 Å². The van der Waals surface area contributed by atoms with Gasteiger partial charge < -0.3 is 28.6 Å². The van der Waals surface area contributed by atoms with Crippen molar-refractivity contribution >= 4 is 17.9 Å². The molecule has 286 valence electrons. The molecule has 0 aliphatic heterocycles. The van der Waals surface area contributed by atoms with Crippen molar-refractivity contribution in [1.29, 1.82) is 0 Å². The third-order valence-electron chi connectivity index (χ3n) is 8.85. The minimum absolute atomic E-state index is 0.0339. The van der Waals surface area contributed by atoms with E-state index in [9.17, 15) is 19.5 Å². The van der Waals surface area contributed by atoms with E-state index in [2.05, 4.69) is 38.2 Å². The number of nitrogens with zero attached hydrogens (tertiary/aromatic N) is 1. The van der Waals surface area contributed by atoms with Crippen molar-refractivity contribution in [2.75, 3.05) is 41.0 Å². The second kappa shape index (κ2) is 33.0. The molecule has 0 aliphatic carbocycles. The fraction of sp³-hybridized carbons (Fsp3) is 0.829. The average Bonchev–Trinajstić information content (AvgIpc) is 3.05. The van der Waals surface area contributed by atoms with Gasteiger partial charge in [0.2, 0.25) is 0 Å². The maximum Gasteiger partial charge on any atom is 0.306 e. The maximum absolute atomic E-state index is 12.6. The minimum atomic E-state index is -1.13. The van der Waals surface area contributed by atoms with Crippen molar-refractivity contribution in [2.45, 2.75) is 180 Å². The van der Waals surface area contributed by atoms with Crippen molar-refractivity contribution in [2.24, 2.45) is 0 Å². The molecule has 0 aromatic carbocycles.